The molecule has 1 aromatic heterocycles. The third kappa shape index (κ3) is 4.16. The summed E-state index contributed by atoms with van der Waals surface area (Å²) in [5.74, 6) is -0.237. The number of pyridine rings is 1. The molecule has 0 amide bonds. The second-order valence-electron chi connectivity index (χ2n) is 5.05. The first-order chi connectivity index (χ1) is 11.0. The van der Waals surface area contributed by atoms with Crippen LogP contribution in [0.2, 0.25) is 5.02 Å². The summed E-state index contributed by atoms with van der Waals surface area (Å²) in [6, 6.07) is 5.54. The molecular formula is C14H13ClF3N3O2S. The van der Waals surface area contributed by atoms with Gasteiger partial charge in [0, 0.05) is 6.20 Å². The maximum Gasteiger partial charge on any atom is 0.417 e. The lowest BCUT2D eigenvalue weighted by Gasteiger charge is -2.13. The average molecular weight is 380 g/mol. The molecule has 0 atom stereocenters. The third-order valence-corrected chi connectivity index (χ3v) is 4.78. The van der Waals surface area contributed by atoms with Gasteiger partial charge in [0.15, 0.2) is 5.82 Å². The second kappa shape index (κ2) is 6.58. The molecule has 0 saturated heterocycles. The highest BCUT2D eigenvalue weighted by atomic mass is 35.5. The molecule has 0 saturated carbocycles. The van der Waals surface area contributed by atoms with Crippen LogP contribution in [0.3, 0.4) is 0 Å². The number of nitrogens with zero attached hydrogens (tertiary/aromatic N) is 1. The lowest BCUT2D eigenvalue weighted by molar-refractivity contribution is -0.137. The van der Waals surface area contributed by atoms with E-state index in [1.807, 2.05) is 0 Å². The van der Waals surface area contributed by atoms with E-state index in [2.05, 4.69) is 15.2 Å². The Morgan fingerprint density at radius 1 is 1.17 bits per heavy atom. The van der Waals surface area contributed by atoms with Crippen molar-refractivity contribution in [1.29, 1.82) is 0 Å². The molecule has 130 valence electrons. The fraction of sp³-hybridized carbons (Fsp3) is 0.214. The van der Waals surface area contributed by atoms with Crippen molar-refractivity contribution in [3.05, 3.63) is 52.2 Å². The van der Waals surface area contributed by atoms with Crippen molar-refractivity contribution in [2.24, 2.45) is 0 Å². The van der Waals surface area contributed by atoms with E-state index >= 15 is 0 Å². The first-order valence-electron chi connectivity index (χ1n) is 6.58. The molecule has 24 heavy (non-hydrogen) atoms. The Morgan fingerprint density at radius 2 is 1.83 bits per heavy atom. The Balaban J connectivity index is 2.23. The van der Waals surface area contributed by atoms with Crippen LogP contribution in [0, 0.1) is 13.8 Å². The zero-order chi connectivity index (χ0) is 18.1. The Bertz CT molecular complexity index is 870. The summed E-state index contributed by atoms with van der Waals surface area (Å²) in [4.78, 5) is 5.58. The molecule has 1 aromatic carbocycles. The van der Waals surface area contributed by atoms with Crippen LogP contribution in [0.5, 0.6) is 0 Å². The van der Waals surface area contributed by atoms with Gasteiger partial charge >= 0.3 is 6.18 Å². The van der Waals surface area contributed by atoms with Crippen molar-refractivity contribution >= 4 is 27.4 Å². The van der Waals surface area contributed by atoms with Gasteiger partial charge in [-0.25, -0.2) is 13.4 Å². The Kier molecular flexibility index (Phi) is 5.07. The molecule has 0 bridgehead atoms. The number of hydrogen-bond donors (Lipinski definition) is 2. The lowest BCUT2D eigenvalue weighted by Crippen LogP contribution is -2.30. The molecule has 5 nitrogen and oxygen atoms in total. The number of aromatic nitrogens is 1. The summed E-state index contributed by atoms with van der Waals surface area (Å²) in [5, 5.41) is -0.367. The third-order valence-electron chi connectivity index (χ3n) is 3.11. The van der Waals surface area contributed by atoms with Gasteiger partial charge in [-0.3, -0.25) is 5.43 Å². The number of anilines is 1. The van der Waals surface area contributed by atoms with Gasteiger partial charge in [-0.15, -0.1) is 4.83 Å². The highest BCUT2D eigenvalue weighted by Gasteiger charge is 2.31. The van der Waals surface area contributed by atoms with Gasteiger partial charge in [0.05, 0.1) is 15.5 Å². The molecule has 0 aliphatic carbocycles. The van der Waals surface area contributed by atoms with Crippen molar-refractivity contribution in [1.82, 2.24) is 9.82 Å². The summed E-state index contributed by atoms with van der Waals surface area (Å²) in [6.45, 7) is 3.36. The number of nitrogens with one attached hydrogen (secondary N) is 2. The van der Waals surface area contributed by atoms with Crippen molar-refractivity contribution in [2.75, 3.05) is 5.43 Å². The fourth-order valence-electron chi connectivity index (χ4n) is 1.85. The Labute approximate surface area is 141 Å². The molecule has 2 aromatic rings. The first kappa shape index (κ1) is 18.5. The van der Waals surface area contributed by atoms with E-state index < -0.39 is 21.8 Å². The van der Waals surface area contributed by atoms with Crippen LogP contribution in [-0.2, 0) is 16.2 Å². The number of hydrogen-bond acceptors (Lipinski definition) is 4. The summed E-state index contributed by atoms with van der Waals surface area (Å²) < 4.78 is 62.2. The van der Waals surface area contributed by atoms with Gasteiger partial charge in [0.25, 0.3) is 10.0 Å². The molecule has 0 fully saturated rings. The number of rotatable bonds is 4. The maximum atomic E-state index is 12.5. The molecule has 0 aliphatic heterocycles. The zero-order valence-electron chi connectivity index (χ0n) is 12.6. The topological polar surface area (TPSA) is 71.1 Å². The summed E-state index contributed by atoms with van der Waals surface area (Å²) in [6.07, 6.45) is -4.03. The monoisotopic (exact) mass is 379 g/mol. The van der Waals surface area contributed by atoms with E-state index in [1.165, 1.54) is 6.07 Å². The fourth-order valence-corrected chi connectivity index (χ4v) is 3.24. The standard InChI is InChI=1S/C14H13ClF3N3O2S/c1-8-3-4-9(2)12(5-8)24(22,23)21-20-13-11(15)6-10(7-19-13)14(16,17)18/h3-7,21H,1-2H3,(H,19,20). The molecule has 0 unspecified atom stereocenters. The van der Waals surface area contributed by atoms with Gasteiger partial charge in [0.2, 0.25) is 0 Å². The van der Waals surface area contributed by atoms with E-state index in [9.17, 15) is 21.6 Å². The molecule has 0 spiro atoms. The molecule has 0 radical (unpaired) electrons. The summed E-state index contributed by atoms with van der Waals surface area (Å²) in [7, 11) is -3.95. The summed E-state index contributed by atoms with van der Waals surface area (Å²) in [5.41, 5.74) is 2.45. The maximum absolute atomic E-state index is 12.5. The minimum Gasteiger partial charge on any atom is -0.291 e. The van der Waals surface area contributed by atoms with E-state index in [1.54, 1.807) is 26.0 Å². The van der Waals surface area contributed by atoms with E-state index in [4.69, 9.17) is 11.6 Å². The van der Waals surface area contributed by atoms with Gasteiger partial charge in [-0.05, 0) is 37.1 Å². The SMILES string of the molecule is Cc1ccc(C)c(S(=O)(=O)NNc2ncc(C(F)(F)F)cc2Cl)c1. The molecule has 2 rings (SSSR count). The van der Waals surface area contributed by atoms with Crippen molar-refractivity contribution in [2.45, 2.75) is 24.9 Å². The number of aryl methyl sites for hydroxylation is 2. The number of alkyl halides is 3. The highest BCUT2D eigenvalue weighted by Crippen LogP contribution is 2.32. The predicted octanol–water partition coefficient (Wildman–Crippen LogP) is 3.68. The van der Waals surface area contributed by atoms with Crippen molar-refractivity contribution in [3.63, 3.8) is 0 Å². The Hall–Kier alpha value is -1.84. The molecule has 10 heteroatoms. The highest BCUT2D eigenvalue weighted by molar-refractivity contribution is 7.89. The van der Waals surface area contributed by atoms with Crippen LogP contribution in [0.4, 0.5) is 19.0 Å². The first-order valence-corrected chi connectivity index (χ1v) is 8.44. The quantitative estimate of drug-likeness (QED) is 0.795. The predicted molar refractivity (Wildman–Crippen MR) is 84.1 cm³/mol. The Morgan fingerprint density at radius 3 is 2.42 bits per heavy atom. The normalized spacial score (nSPS) is 12.2. The van der Waals surface area contributed by atoms with E-state index in [0.717, 1.165) is 5.56 Å². The second-order valence-corrected chi connectivity index (χ2v) is 7.11. The minimum absolute atomic E-state index is 0.0398. The number of sulfonamides is 1. The lowest BCUT2D eigenvalue weighted by atomic mass is 10.2. The minimum atomic E-state index is -4.59. The van der Waals surface area contributed by atoms with E-state index in [-0.39, 0.29) is 15.7 Å². The molecular weight excluding hydrogens is 367 g/mol. The summed E-state index contributed by atoms with van der Waals surface area (Å²) >= 11 is 5.71. The van der Waals surface area contributed by atoms with Crippen LogP contribution in [0.15, 0.2) is 35.4 Å². The van der Waals surface area contributed by atoms with E-state index in [0.29, 0.717) is 17.8 Å². The van der Waals surface area contributed by atoms with Crippen molar-refractivity contribution in [3.8, 4) is 0 Å². The average Bonchev–Trinajstić information content (AvgIpc) is 2.47. The van der Waals surface area contributed by atoms with Gasteiger partial charge in [0.1, 0.15) is 0 Å². The van der Waals surface area contributed by atoms with Gasteiger partial charge in [-0.2, -0.15) is 13.2 Å². The number of benzene rings is 1. The van der Waals surface area contributed by atoms with Gasteiger partial charge < -0.3 is 0 Å². The number of halogens is 4. The van der Waals surface area contributed by atoms with Crippen LogP contribution >= 0.6 is 11.6 Å². The molecule has 1 heterocycles. The molecule has 2 N–H and O–H groups in total. The van der Waals surface area contributed by atoms with Crippen molar-refractivity contribution < 1.29 is 21.6 Å². The number of hydrazine groups is 1. The zero-order valence-corrected chi connectivity index (χ0v) is 14.1. The molecule has 0 aliphatic rings. The van der Waals surface area contributed by atoms with Gasteiger partial charge in [-0.1, -0.05) is 23.7 Å². The van der Waals surface area contributed by atoms with Crippen LogP contribution in [-0.4, -0.2) is 13.4 Å². The van der Waals surface area contributed by atoms with Crippen LogP contribution < -0.4 is 10.3 Å². The smallest absolute Gasteiger partial charge is 0.291 e. The van der Waals surface area contributed by atoms with Crippen LogP contribution in [0.1, 0.15) is 16.7 Å². The van der Waals surface area contributed by atoms with Crippen LogP contribution in [0.25, 0.3) is 0 Å². The largest absolute Gasteiger partial charge is 0.417 e.